The Morgan fingerprint density at radius 2 is 1.93 bits per heavy atom. The number of benzene rings is 2. The van der Waals surface area contributed by atoms with Gasteiger partial charge < -0.3 is 14.8 Å². The molecular weight excluding hydrogens is 354 g/mol. The minimum Gasteiger partial charge on any atom is -0.349 e. The third kappa shape index (κ3) is 4.09. The van der Waals surface area contributed by atoms with Crippen molar-refractivity contribution in [3.63, 3.8) is 0 Å². The number of aromatic nitrogens is 4. The molecule has 0 aliphatic heterocycles. The van der Waals surface area contributed by atoms with Gasteiger partial charge >= 0.3 is 0 Å². The fourth-order valence-electron chi connectivity index (χ4n) is 2.94. The Hall–Kier alpha value is -3.48. The van der Waals surface area contributed by atoms with Crippen LogP contribution in [0.1, 0.15) is 30.6 Å². The van der Waals surface area contributed by atoms with Gasteiger partial charge in [0.25, 0.3) is 0 Å². The van der Waals surface area contributed by atoms with Gasteiger partial charge in [-0.25, -0.2) is 4.98 Å². The Kier molecular flexibility index (Phi) is 5.14. The number of carbonyl (C=O) groups is 1. The number of hydrogen-bond acceptors (Lipinski definition) is 5. The van der Waals surface area contributed by atoms with Crippen LogP contribution in [0.15, 0.2) is 53.1 Å². The van der Waals surface area contributed by atoms with E-state index in [1.54, 1.807) is 0 Å². The molecule has 2 aromatic heterocycles. The summed E-state index contributed by atoms with van der Waals surface area (Å²) in [7, 11) is 0. The molecule has 2 heterocycles. The lowest BCUT2D eigenvalue weighted by Gasteiger charge is -2.01. The van der Waals surface area contributed by atoms with Crippen molar-refractivity contribution >= 4 is 16.9 Å². The molecule has 7 nitrogen and oxygen atoms in total. The Morgan fingerprint density at radius 1 is 1.11 bits per heavy atom. The zero-order valence-electron chi connectivity index (χ0n) is 15.6. The Bertz CT molecular complexity index is 1050. The first-order chi connectivity index (χ1) is 13.7. The molecule has 0 bridgehead atoms. The summed E-state index contributed by atoms with van der Waals surface area (Å²) >= 11 is 0. The molecule has 4 rings (SSSR count). The Morgan fingerprint density at radius 3 is 2.71 bits per heavy atom. The maximum Gasteiger partial charge on any atom is 0.227 e. The van der Waals surface area contributed by atoms with Gasteiger partial charge in [-0.3, -0.25) is 4.79 Å². The highest BCUT2D eigenvalue weighted by atomic mass is 16.5. The maximum absolute atomic E-state index is 12.1. The molecule has 0 fully saturated rings. The summed E-state index contributed by atoms with van der Waals surface area (Å²) in [6, 6.07) is 15.8. The van der Waals surface area contributed by atoms with E-state index in [1.807, 2.05) is 36.4 Å². The first kappa shape index (κ1) is 17.9. The highest BCUT2D eigenvalue weighted by Gasteiger charge is 2.11. The molecule has 28 heavy (non-hydrogen) atoms. The largest absolute Gasteiger partial charge is 0.349 e. The topological polar surface area (TPSA) is 96.7 Å². The number of nitrogens with zero attached hydrogens (tertiary/aromatic N) is 3. The van der Waals surface area contributed by atoms with E-state index >= 15 is 0 Å². The minimum absolute atomic E-state index is 0.0903. The first-order valence-corrected chi connectivity index (χ1v) is 9.33. The van der Waals surface area contributed by atoms with Crippen LogP contribution in [-0.2, 0) is 24.2 Å². The van der Waals surface area contributed by atoms with Gasteiger partial charge in [0.2, 0.25) is 17.6 Å². The second-order valence-corrected chi connectivity index (χ2v) is 6.54. The van der Waals surface area contributed by atoms with Crippen LogP contribution in [0.2, 0.25) is 0 Å². The summed E-state index contributed by atoms with van der Waals surface area (Å²) in [6.07, 6.45) is 1.66. The Labute approximate surface area is 162 Å². The smallest absolute Gasteiger partial charge is 0.227 e. The van der Waals surface area contributed by atoms with E-state index in [0.717, 1.165) is 28.8 Å². The van der Waals surface area contributed by atoms with Gasteiger partial charge in [-0.2, -0.15) is 4.98 Å². The van der Waals surface area contributed by atoms with Crippen molar-refractivity contribution in [3.05, 3.63) is 65.8 Å². The predicted molar refractivity (Wildman–Crippen MR) is 105 cm³/mol. The summed E-state index contributed by atoms with van der Waals surface area (Å²) in [4.78, 5) is 24.1. The third-order valence-electron chi connectivity index (χ3n) is 4.55. The quantitative estimate of drug-likeness (QED) is 0.516. The lowest BCUT2D eigenvalue weighted by atomic mass is 10.1. The second kappa shape index (κ2) is 8.04. The lowest BCUT2D eigenvalue weighted by molar-refractivity contribution is -0.121. The van der Waals surface area contributed by atoms with Gasteiger partial charge in [-0.15, -0.1) is 0 Å². The van der Waals surface area contributed by atoms with Crippen LogP contribution in [0.3, 0.4) is 0 Å². The summed E-state index contributed by atoms with van der Waals surface area (Å²) in [5.74, 6) is 1.63. The third-order valence-corrected chi connectivity index (χ3v) is 4.55. The van der Waals surface area contributed by atoms with Crippen LogP contribution < -0.4 is 5.32 Å². The highest BCUT2D eigenvalue weighted by molar-refractivity contribution is 5.77. The van der Waals surface area contributed by atoms with Crippen LogP contribution in [0.4, 0.5) is 0 Å². The van der Waals surface area contributed by atoms with E-state index < -0.39 is 0 Å². The van der Waals surface area contributed by atoms with Crippen LogP contribution in [-0.4, -0.2) is 26.0 Å². The molecular formula is C21H21N5O2. The predicted octanol–water partition coefficient (Wildman–Crippen LogP) is 3.42. The number of rotatable bonds is 7. The van der Waals surface area contributed by atoms with Crippen LogP contribution in [0, 0.1) is 0 Å². The number of para-hydroxylation sites is 2. The van der Waals surface area contributed by atoms with Gasteiger partial charge in [0.15, 0.2) is 0 Å². The average Bonchev–Trinajstić information content (AvgIpc) is 3.37. The number of imidazole rings is 1. The number of fused-ring (bicyclic) bond motifs is 1. The molecule has 0 unspecified atom stereocenters. The molecule has 4 aromatic rings. The molecule has 0 saturated heterocycles. The number of H-pyrrole nitrogens is 1. The van der Waals surface area contributed by atoms with Crippen LogP contribution in [0.25, 0.3) is 22.4 Å². The van der Waals surface area contributed by atoms with Gasteiger partial charge in [-0.05, 0) is 24.1 Å². The second-order valence-electron chi connectivity index (χ2n) is 6.54. The van der Waals surface area contributed by atoms with Gasteiger partial charge in [0.05, 0.1) is 17.6 Å². The van der Waals surface area contributed by atoms with E-state index in [0.29, 0.717) is 24.7 Å². The van der Waals surface area contributed by atoms with Crippen molar-refractivity contribution in [2.24, 2.45) is 0 Å². The zero-order chi connectivity index (χ0) is 19.3. The molecule has 0 spiro atoms. The van der Waals surface area contributed by atoms with Gasteiger partial charge in [0.1, 0.15) is 5.82 Å². The van der Waals surface area contributed by atoms with E-state index in [-0.39, 0.29) is 12.3 Å². The number of carbonyl (C=O) groups excluding carboxylic acids is 1. The highest BCUT2D eigenvalue weighted by Crippen LogP contribution is 2.17. The van der Waals surface area contributed by atoms with Gasteiger partial charge in [0, 0.05) is 18.4 Å². The van der Waals surface area contributed by atoms with Crippen molar-refractivity contribution in [2.45, 2.75) is 32.7 Å². The van der Waals surface area contributed by atoms with E-state index in [2.05, 4.69) is 44.5 Å². The standard InChI is InChI=1S/C21H21N5O2/c1-2-14-7-9-15(10-8-14)21-25-20(28-26-21)12-11-19(27)22-13-18-23-16-5-3-4-6-17(16)24-18/h3-10H,2,11-13H2,1H3,(H,22,27)(H,23,24). The van der Waals surface area contributed by atoms with Crippen molar-refractivity contribution in [1.82, 2.24) is 25.4 Å². The average molecular weight is 375 g/mol. The molecule has 0 radical (unpaired) electrons. The summed E-state index contributed by atoms with van der Waals surface area (Å²) in [5.41, 5.74) is 4.00. The molecule has 0 aliphatic rings. The van der Waals surface area contributed by atoms with Gasteiger partial charge in [-0.1, -0.05) is 48.5 Å². The maximum atomic E-state index is 12.1. The number of nitrogens with one attached hydrogen (secondary N) is 2. The molecule has 2 aromatic carbocycles. The fraction of sp³-hybridized carbons (Fsp3) is 0.238. The van der Waals surface area contributed by atoms with Crippen molar-refractivity contribution in [2.75, 3.05) is 0 Å². The molecule has 0 aliphatic carbocycles. The molecule has 7 heteroatoms. The molecule has 1 amide bonds. The number of amides is 1. The van der Waals surface area contributed by atoms with E-state index in [1.165, 1.54) is 5.56 Å². The van der Waals surface area contributed by atoms with Crippen molar-refractivity contribution in [1.29, 1.82) is 0 Å². The molecule has 0 atom stereocenters. The summed E-state index contributed by atoms with van der Waals surface area (Å²) in [5, 5.41) is 6.86. The van der Waals surface area contributed by atoms with E-state index in [4.69, 9.17) is 4.52 Å². The SMILES string of the molecule is CCc1ccc(-c2noc(CCC(=O)NCc3nc4ccccc4[nH]3)n2)cc1. The molecule has 0 saturated carbocycles. The van der Waals surface area contributed by atoms with E-state index in [9.17, 15) is 4.79 Å². The first-order valence-electron chi connectivity index (χ1n) is 9.33. The summed E-state index contributed by atoms with van der Waals surface area (Å²) < 4.78 is 5.27. The van der Waals surface area contributed by atoms with Crippen molar-refractivity contribution in [3.8, 4) is 11.4 Å². The number of aryl methyl sites for hydroxylation is 2. The number of hydrogen-bond donors (Lipinski definition) is 2. The van der Waals surface area contributed by atoms with Crippen LogP contribution >= 0.6 is 0 Å². The minimum atomic E-state index is -0.0903. The monoisotopic (exact) mass is 375 g/mol. The summed E-state index contributed by atoms with van der Waals surface area (Å²) in [6.45, 7) is 2.47. The zero-order valence-corrected chi connectivity index (χ0v) is 15.6. The van der Waals surface area contributed by atoms with Crippen molar-refractivity contribution < 1.29 is 9.32 Å². The molecule has 142 valence electrons. The number of aromatic amines is 1. The van der Waals surface area contributed by atoms with Crippen LogP contribution in [0.5, 0.6) is 0 Å². The normalized spacial score (nSPS) is 11.0. The lowest BCUT2D eigenvalue weighted by Crippen LogP contribution is -2.23. The fourth-order valence-corrected chi connectivity index (χ4v) is 2.94. The Balaban J connectivity index is 1.29. The molecule has 2 N–H and O–H groups in total.